The van der Waals surface area contributed by atoms with Crippen molar-refractivity contribution in [1.82, 2.24) is 9.21 Å². The summed E-state index contributed by atoms with van der Waals surface area (Å²) in [6, 6.07) is 8.93. The van der Waals surface area contributed by atoms with E-state index < -0.39 is 43.2 Å². The lowest BCUT2D eigenvalue weighted by Gasteiger charge is -2.34. The third-order valence-corrected chi connectivity index (χ3v) is 6.59. The Morgan fingerprint density at radius 1 is 1.00 bits per heavy atom. The van der Waals surface area contributed by atoms with Crippen molar-refractivity contribution in [3.63, 3.8) is 0 Å². The van der Waals surface area contributed by atoms with Crippen molar-refractivity contribution in [1.29, 1.82) is 0 Å². The second kappa shape index (κ2) is 8.03. The van der Waals surface area contributed by atoms with Crippen LogP contribution in [0.2, 0.25) is 0 Å². The zero-order valence-electron chi connectivity index (χ0n) is 15.4. The van der Waals surface area contributed by atoms with Crippen molar-refractivity contribution in [2.75, 3.05) is 26.2 Å². The van der Waals surface area contributed by atoms with Gasteiger partial charge in [-0.15, -0.1) is 0 Å². The fourth-order valence-corrected chi connectivity index (χ4v) is 4.69. The van der Waals surface area contributed by atoms with Crippen LogP contribution >= 0.6 is 0 Å². The van der Waals surface area contributed by atoms with Crippen LogP contribution in [0.1, 0.15) is 15.9 Å². The number of benzene rings is 2. The normalized spacial score (nSPS) is 15.8. The molecule has 1 heterocycles. The molecule has 12 heteroatoms. The van der Waals surface area contributed by atoms with Gasteiger partial charge in [0.2, 0.25) is 10.0 Å². The van der Waals surface area contributed by atoms with E-state index in [2.05, 4.69) is 0 Å². The summed E-state index contributed by atoms with van der Waals surface area (Å²) < 4.78 is 65.2. The van der Waals surface area contributed by atoms with Gasteiger partial charge >= 0.3 is 6.18 Å². The minimum atomic E-state index is -4.59. The molecule has 2 aromatic carbocycles. The summed E-state index contributed by atoms with van der Waals surface area (Å²) >= 11 is 0. The van der Waals surface area contributed by atoms with Gasteiger partial charge in [-0.05, 0) is 24.3 Å². The number of piperazine rings is 1. The molecule has 0 radical (unpaired) electrons. The number of rotatable bonds is 4. The number of carbonyl (C=O) groups is 1. The highest BCUT2D eigenvalue weighted by molar-refractivity contribution is 7.89. The second-order valence-electron chi connectivity index (χ2n) is 6.50. The Morgan fingerprint density at radius 3 is 2.23 bits per heavy atom. The number of halogens is 3. The molecule has 8 nitrogen and oxygen atoms in total. The van der Waals surface area contributed by atoms with E-state index in [9.17, 15) is 36.5 Å². The Hall–Kier alpha value is -2.99. The first-order valence-electron chi connectivity index (χ1n) is 8.72. The largest absolute Gasteiger partial charge is 0.416 e. The van der Waals surface area contributed by atoms with E-state index in [1.54, 1.807) is 0 Å². The zero-order chi connectivity index (χ0) is 22.1. The van der Waals surface area contributed by atoms with E-state index in [1.165, 1.54) is 23.1 Å². The number of carbonyl (C=O) groups excluding carboxylic acids is 1. The van der Waals surface area contributed by atoms with E-state index in [0.29, 0.717) is 0 Å². The lowest BCUT2D eigenvalue weighted by Crippen LogP contribution is -2.50. The minimum Gasteiger partial charge on any atom is -0.336 e. The van der Waals surface area contributed by atoms with Gasteiger partial charge in [-0.2, -0.15) is 17.5 Å². The first-order chi connectivity index (χ1) is 14.0. The average molecular weight is 443 g/mol. The first kappa shape index (κ1) is 21.7. The molecule has 0 unspecified atom stereocenters. The minimum absolute atomic E-state index is 0.0606. The molecule has 0 bridgehead atoms. The summed E-state index contributed by atoms with van der Waals surface area (Å²) in [5.41, 5.74) is -1.66. The number of para-hydroxylation sites is 1. The van der Waals surface area contributed by atoms with Gasteiger partial charge in [0.05, 0.1) is 10.5 Å². The van der Waals surface area contributed by atoms with Crippen LogP contribution in [-0.2, 0) is 16.2 Å². The lowest BCUT2D eigenvalue weighted by molar-refractivity contribution is -0.387. The van der Waals surface area contributed by atoms with Gasteiger partial charge in [0, 0.05) is 37.8 Å². The molecule has 1 aliphatic rings. The molecule has 0 aromatic heterocycles. The van der Waals surface area contributed by atoms with Crippen molar-refractivity contribution in [2.24, 2.45) is 0 Å². The predicted octanol–water partition coefficient (Wildman–Crippen LogP) is 2.76. The highest BCUT2D eigenvalue weighted by atomic mass is 32.2. The summed E-state index contributed by atoms with van der Waals surface area (Å²) in [4.78, 5) is 23.7. The third kappa shape index (κ3) is 4.28. The van der Waals surface area contributed by atoms with Crippen LogP contribution in [0.3, 0.4) is 0 Å². The molecular weight excluding hydrogens is 427 g/mol. The van der Waals surface area contributed by atoms with Crippen LogP contribution in [0.4, 0.5) is 18.9 Å². The van der Waals surface area contributed by atoms with Crippen LogP contribution in [0.5, 0.6) is 0 Å². The van der Waals surface area contributed by atoms with Gasteiger partial charge in [0.1, 0.15) is 0 Å². The van der Waals surface area contributed by atoms with E-state index in [0.717, 1.165) is 34.6 Å². The van der Waals surface area contributed by atoms with Crippen LogP contribution in [0.15, 0.2) is 53.4 Å². The van der Waals surface area contributed by atoms with Gasteiger partial charge in [0.25, 0.3) is 11.6 Å². The monoisotopic (exact) mass is 443 g/mol. The Labute approximate surface area is 169 Å². The zero-order valence-corrected chi connectivity index (χ0v) is 16.2. The second-order valence-corrected chi connectivity index (χ2v) is 8.41. The summed E-state index contributed by atoms with van der Waals surface area (Å²) in [6.45, 7) is -0.401. The number of sulfonamides is 1. The fourth-order valence-electron chi connectivity index (χ4n) is 3.11. The maximum absolute atomic E-state index is 12.9. The predicted molar refractivity (Wildman–Crippen MR) is 99.2 cm³/mol. The molecule has 0 saturated carbocycles. The van der Waals surface area contributed by atoms with Gasteiger partial charge in [-0.3, -0.25) is 14.9 Å². The Bertz CT molecular complexity index is 1080. The average Bonchev–Trinajstić information content (AvgIpc) is 2.72. The molecule has 2 aromatic rings. The van der Waals surface area contributed by atoms with Gasteiger partial charge in [-0.1, -0.05) is 18.2 Å². The molecule has 1 amide bonds. The number of nitro groups is 1. The molecule has 1 aliphatic heterocycles. The van der Waals surface area contributed by atoms with Crippen molar-refractivity contribution in [3.05, 3.63) is 69.8 Å². The van der Waals surface area contributed by atoms with E-state index in [4.69, 9.17) is 0 Å². The number of hydrogen-bond donors (Lipinski definition) is 0. The molecule has 30 heavy (non-hydrogen) atoms. The molecule has 0 spiro atoms. The summed E-state index contributed by atoms with van der Waals surface area (Å²) in [6.07, 6.45) is -4.59. The van der Waals surface area contributed by atoms with E-state index in [-0.39, 0.29) is 31.7 Å². The van der Waals surface area contributed by atoms with Gasteiger partial charge < -0.3 is 4.90 Å². The van der Waals surface area contributed by atoms with Crippen molar-refractivity contribution < 1.29 is 31.3 Å². The topological polar surface area (TPSA) is 101 Å². The summed E-state index contributed by atoms with van der Waals surface area (Å²) in [7, 11) is -4.17. The first-order valence-corrected chi connectivity index (χ1v) is 10.2. The number of nitrogens with zero attached hydrogens (tertiary/aromatic N) is 3. The van der Waals surface area contributed by atoms with Crippen LogP contribution in [-0.4, -0.2) is 54.6 Å². The van der Waals surface area contributed by atoms with Crippen molar-refractivity contribution in [3.8, 4) is 0 Å². The van der Waals surface area contributed by atoms with E-state index >= 15 is 0 Å². The maximum Gasteiger partial charge on any atom is 0.416 e. The van der Waals surface area contributed by atoms with Crippen LogP contribution in [0, 0.1) is 10.1 Å². The highest BCUT2D eigenvalue weighted by Gasteiger charge is 2.35. The maximum atomic E-state index is 12.9. The van der Waals surface area contributed by atoms with E-state index in [1.807, 2.05) is 0 Å². The number of alkyl halides is 3. The standard InChI is InChI=1S/C18H16F3N3O5S/c19-18(20,21)14-5-3-4-13(12-14)17(25)22-8-10-23(11-9-22)30(28,29)16-7-2-1-6-15(16)24(26)27/h1-7,12H,8-11H2. The SMILES string of the molecule is O=C(c1cccc(C(F)(F)F)c1)N1CCN(S(=O)(=O)c2ccccc2[N+](=O)[O-])CC1. The molecule has 160 valence electrons. The third-order valence-electron chi connectivity index (χ3n) is 4.64. The lowest BCUT2D eigenvalue weighted by atomic mass is 10.1. The quantitative estimate of drug-likeness (QED) is 0.534. The van der Waals surface area contributed by atoms with Gasteiger partial charge in [-0.25, -0.2) is 8.42 Å². The van der Waals surface area contributed by atoms with Gasteiger partial charge in [0.15, 0.2) is 4.90 Å². The molecule has 0 aliphatic carbocycles. The summed E-state index contributed by atoms with van der Waals surface area (Å²) in [5.74, 6) is -0.649. The Balaban J connectivity index is 1.75. The smallest absolute Gasteiger partial charge is 0.336 e. The molecule has 0 atom stereocenters. The summed E-state index contributed by atoms with van der Waals surface area (Å²) in [5, 5.41) is 11.1. The molecule has 3 rings (SSSR count). The molecular formula is C18H16F3N3O5S. The number of hydrogen-bond acceptors (Lipinski definition) is 5. The molecule has 0 N–H and O–H groups in total. The van der Waals surface area contributed by atoms with Crippen molar-refractivity contribution in [2.45, 2.75) is 11.1 Å². The van der Waals surface area contributed by atoms with Crippen molar-refractivity contribution >= 4 is 21.6 Å². The number of amides is 1. The van der Waals surface area contributed by atoms with Crippen LogP contribution < -0.4 is 0 Å². The highest BCUT2D eigenvalue weighted by Crippen LogP contribution is 2.30. The molecule has 1 saturated heterocycles. The number of nitro benzene ring substituents is 1. The molecule has 1 fully saturated rings. The Morgan fingerprint density at radius 2 is 1.63 bits per heavy atom. The fraction of sp³-hybridized carbons (Fsp3) is 0.278. The van der Waals surface area contributed by atoms with Crippen LogP contribution in [0.25, 0.3) is 0 Å². The Kier molecular flexibility index (Phi) is 5.81.